The Kier molecular flexibility index (Phi) is 6.12. The van der Waals surface area contributed by atoms with Crippen LogP contribution in [0.25, 0.3) is 0 Å². The van der Waals surface area contributed by atoms with Gasteiger partial charge in [0.2, 0.25) is 10.0 Å². The van der Waals surface area contributed by atoms with Gasteiger partial charge in [-0.1, -0.05) is 30.3 Å². The zero-order chi connectivity index (χ0) is 15.9. The van der Waals surface area contributed by atoms with Crippen molar-refractivity contribution in [2.45, 2.75) is 12.6 Å². The van der Waals surface area contributed by atoms with Crippen LogP contribution in [0.3, 0.4) is 0 Å². The maximum Gasteiger partial charge on any atom is 0.408 e. The van der Waals surface area contributed by atoms with Gasteiger partial charge in [0.25, 0.3) is 0 Å². The van der Waals surface area contributed by atoms with Gasteiger partial charge in [0.15, 0.2) is 0 Å². The highest BCUT2D eigenvalue weighted by molar-refractivity contribution is 7.88. The maximum atomic E-state index is 11.5. The van der Waals surface area contributed by atoms with Crippen molar-refractivity contribution in [1.82, 2.24) is 10.0 Å². The van der Waals surface area contributed by atoms with Crippen LogP contribution in [0.4, 0.5) is 4.79 Å². The summed E-state index contributed by atoms with van der Waals surface area (Å²) in [4.78, 5) is 22.4. The molecular formula is C12H16N2O6S. The third-order valence-electron chi connectivity index (χ3n) is 2.35. The summed E-state index contributed by atoms with van der Waals surface area (Å²) in [6.45, 7) is -0.479. The van der Waals surface area contributed by atoms with Gasteiger partial charge in [-0.3, -0.25) is 0 Å². The molecule has 0 aliphatic rings. The summed E-state index contributed by atoms with van der Waals surface area (Å²) in [5.74, 6) is -1.37. The lowest BCUT2D eigenvalue weighted by Crippen LogP contribution is -2.48. The molecular weight excluding hydrogens is 300 g/mol. The van der Waals surface area contributed by atoms with Crippen LogP contribution in [0.2, 0.25) is 0 Å². The summed E-state index contributed by atoms with van der Waals surface area (Å²) in [5.41, 5.74) is 0.744. The SMILES string of the molecule is CS(=O)(=O)NCC(NC(=O)OCc1ccccc1)C(=O)O. The first kappa shape index (κ1) is 16.9. The van der Waals surface area contributed by atoms with E-state index in [-0.39, 0.29) is 6.61 Å². The molecule has 0 fully saturated rings. The van der Waals surface area contributed by atoms with Gasteiger partial charge in [-0.15, -0.1) is 0 Å². The first-order valence-corrected chi connectivity index (χ1v) is 7.82. The van der Waals surface area contributed by atoms with Crippen LogP contribution in [-0.4, -0.2) is 44.4 Å². The molecule has 0 radical (unpaired) electrons. The molecule has 1 atom stereocenters. The summed E-state index contributed by atoms with van der Waals surface area (Å²) >= 11 is 0. The van der Waals surface area contributed by atoms with Gasteiger partial charge >= 0.3 is 12.1 Å². The second kappa shape index (κ2) is 7.60. The minimum atomic E-state index is -3.55. The van der Waals surface area contributed by atoms with Crippen LogP contribution in [0.5, 0.6) is 0 Å². The van der Waals surface area contributed by atoms with E-state index in [0.29, 0.717) is 0 Å². The number of nitrogens with one attached hydrogen (secondary N) is 2. The smallest absolute Gasteiger partial charge is 0.408 e. The number of hydrogen-bond acceptors (Lipinski definition) is 5. The monoisotopic (exact) mass is 316 g/mol. The molecule has 0 aliphatic heterocycles. The van der Waals surface area contributed by atoms with Crippen LogP contribution in [0.1, 0.15) is 5.56 Å². The molecule has 3 N–H and O–H groups in total. The van der Waals surface area contributed by atoms with Crippen molar-refractivity contribution >= 4 is 22.1 Å². The van der Waals surface area contributed by atoms with Crippen LogP contribution in [0.15, 0.2) is 30.3 Å². The molecule has 1 unspecified atom stereocenters. The van der Waals surface area contributed by atoms with E-state index in [9.17, 15) is 18.0 Å². The average Bonchev–Trinajstić information content (AvgIpc) is 2.41. The Hall–Kier alpha value is -2.13. The van der Waals surface area contributed by atoms with E-state index in [0.717, 1.165) is 11.8 Å². The molecule has 0 saturated carbocycles. The van der Waals surface area contributed by atoms with E-state index < -0.39 is 34.7 Å². The second-order valence-corrected chi connectivity index (χ2v) is 6.05. The van der Waals surface area contributed by atoms with E-state index in [1.54, 1.807) is 30.3 Å². The lowest BCUT2D eigenvalue weighted by Gasteiger charge is -2.14. The molecule has 0 bridgehead atoms. The lowest BCUT2D eigenvalue weighted by molar-refractivity contribution is -0.139. The molecule has 0 heterocycles. The van der Waals surface area contributed by atoms with Gasteiger partial charge in [-0.05, 0) is 5.56 Å². The zero-order valence-electron chi connectivity index (χ0n) is 11.3. The van der Waals surface area contributed by atoms with Gasteiger partial charge < -0.3 is 15.2 Å². The van der Waals surface area contributed by atoms with Gasteiger partial charge in [0.05, 0.1) is 6.26 Å². The van der Waals surface area contributed by atoms with E-state index in [2.05, 4.69) is 5.32 Å². The van der Waals surface area contributed by atoms with E-state index >= 15 is 0 Å². The fourth-order valence-corrected chi connectivity index (χ4v) is 1.81. The molecule has 8 nitrogen and oxygen atoms in total. The lowest BCUT2D eigenvalue weighted by atomic mass is 10.2. The summed E-state index contributed by atoms with van der Waals surface area (Å²) in [7, 11) is -3.55. The number of aliphatic carboxylic acids is 1. The molecule has 21 heavy (non-hydrogen) atoms. The topological polar surface area (TPSA) is 122 Å². The Labute approximate surface area is 122 Å². The first-order chi connectivity index (χ1) is 9.78. The summed E-state index contributed by atoms with van der Waals surface area (Å²) in [5, 5.41) is 11.0. The Balaban J connectivity index is 2.47. The fourth-order valence-electron chi connectivity index (χ4n) is 1.34. The van der Waals surface area contributed by atoms with E-state index in [1.165, 1.54) is 0 Å². The van der Waals surface area contributed by atoms with Crippen molar-refractivity contribution in [3.05, 3.63) is 35.9 Å². The number of benzene rings is 1. The van der Waals surface area contributed by atoms with Gasteiger partial charge in [0, 0.05) is 6.54 Å². The largest absolute Gasteiger partial charge is 0.480 e. The predicted molar refractivity (Wildman–Crippen MR) is 74.0 cm³/mol. The van der Waals surface area contributed by atoms with Crippen LogP contribution < -0.4 is 10.0 Å². The third kappa shape index (κ3) is 7.28. The van der Waals surface area contributed by atoms with Gasteiger partial charge in [0.1, 0.15) is 12.6 Å². The molecule has 0 aromatic heterocycles. The average molecular weight is 316 g/mol. The number of ether oxygens (including phenoxy) is 1. The van der Waals surface area contributed by atoms with Crippen molar-refractivity contribution in [3.8, 4) is 0 Å². The first-order valence-electron chi connectivity index (χ1n) is 5.92. The maximum absolute atomic E-state index is 11.5. The van der Waals surface area contributed by atoms with Crippen molar-refractivity contribution in [1.29, 1.82) is 0 Å². The molecule has 0 aliphatic carbocycles. The summed E-state index contributed by atoms with van der Waals surface area (Å²) in [6.07, 6.45) is -0.0545. The Bertz CT molecular complexity index is 587. The number of carboxylic acids is 1. The Morgan fingerprint density at radius 3 is 2.43 bits per heavy atom. The molecule has 1 amide bonds. The van der Waals surface area contributed by atoms with Crippen LogP contribution in [-0.2, 0) is 26.2 Å². The van der Waals surface area contributed by atoms with Crippen molar-refractivity contribution in [2.75, 3.05) is 12.8 Å². The van der Waals surface area contributed by atoms with Gasteiger partial charge in [-0.2, -0.15) is 0 Å². The van der Waals surface area contributed by atoms with Crippen molar-refractivity contribution in [2.24, 2.45) is 0 Å². The molecule has 1 rings (SSSR count). The second-order valence-electron chi connectivity index (χ2n) is 4.22. The summed E-state index contributed by atoms with van der Waals surface area (Å²) < 4.78 is 28.7. The molecule has 1 aromatic rings. The third-order valence-corrected chi connectivity index (χ3v) is 3.04. The number of carbonyl (C=O) groups is 2. The minimum Gasteiger partial charge on any atom is -0.480 e. The number of rotatable bonds is 7. The number of carbonyl (C=O) groups excluding carboxylic acids is 1. The van der Waals surface area contributed by atoms with Crippen molar-refractivity contribution < 1.29 is 27.9 Å². The molecule has 0 spiro atoms. The number of amides is 1. The minimum absolute atomic E-state index is 0.0154. The fraction of sp³-hybridized carbons (Fsp3) is 0.333. The normalized spacial score (nSPS) is 12.4. The number of carboxylic acid groups (broad SMARTS) is 1. The van der Waals surface area contributed by atoms with Crippen LogP contribution in [0, 0.1) is 0 Å². The molecule has 0 saturated heterocycles. The molecule has 1 aromatic carbocycles. The highest BCUT2D eigenvalue weighted by Crippen LogP contribution is 2.00. The standard InChI is InChI=1S/C12H16N2O6S/c1-21(18,19)13-7-10(11(15)16)14-12(17)20-8-9-5-3-2-4-6-9/h2-6,10,13H,7-8H2,1H3,(H,14,17)(H,15,16). The van der Waals surface area contributed by atoms with E-state index in [1.807, 2.05) is 4.72 Å². The summed E-state index contributed by atoms with van der Waals surface area (Å²) in [6, 6.07) is 7.42. The highest BCUT2D eigenvalue weighted by Gasteiger charge is 2.21. The number of alkyl carbamates (subject to hydrolysis) is 1. The van der Waals surface area contributed by atoms with Crippen molar-refractivity contribution in [3.63, 3.8) is 0 Å². The molecule has 9 heteroatoms. The van der Waals surface area contributed by atoms with Gasteiger partial charge in [-0.25, -0.2) is 22.7 Å². The van der Waals surface area contributed by atoms with E-state index in [4.69, 9.17) is 9.84 Å². The Morgan fingerprint density at radius 2 is 1.90 bits per heavy atom. The molecule has 116 valence electrons. The highest BCUT2D eigenvalue weighted by atomic mass is 32.2. The number of sulfonamides is 1. The zero-order valence-corrected chi connectivity index (χ0v) is 12.1. The Morgan fingerprint density at radius 1 is 1.29 bits per heavy atom. The number of hydrogen-bond donors (Lipinski definition) is 3. The van der Waals surface area contributed by atoms with Crippen LogP contribution >= 0.6 is 0 Å². The quantitative estimate of drug-likeness (QED) is 0.646. The predicted octanol–water partition coefficient (Wildman–Crippen LogP) is -0.0848.